The van der Waals surface area contributed by atoms with Crippen LogP contribution >= 0.6 is 0 Å². The minimum Gasteiger partial charge on any atom is -0.485 e. The summed E-state index contributed by atoms with van der Waals surface area (Å²) < 4.78 is 8.55. The fourth-order valence-electron chi connectivity index (χ4n) is 3.65. The van der Waals surface area contributed by atoms with Crippen molar-refractivity contribution in [3.8, 4) is 5.75 Å². The van der Waals surface area contributed by atoms with Crippen molar-refractivity contribution in [1.29, 1.82) is 0 Å². The first kappa shape index (κ1) is 17.6. The van der Waals surface area contributed by atoms with Crippen molar-refractivity contribution in [2.45, 2.75) is 45.8 Å². The smallest absolute Gasteiger partial charge is 0.147 e. The lowest BCUT2D eigenvalue weighted by atomic mass is 10.1. The summed E-state index contributed by atoms with van der Waals surface area (Å²) >= 11 is 0. The van der Waals surface area contributed by atoms with Crippen LogP contribution in [0.1, 0.15) is 38.4 Å². The van der Waals surface area contributed by atoms with Crippen LogP contribution in [0.5, 0.6) is 5.75 Å². The third-order valence-electron chi connectivity index (χ3n) is 5.08. The summed E-state index contributed by atoms with van der Waals surface area (Å²) in [5.41, 5.74) is 2.25. The summed E-state index contributed by atoms with van der Waals surface area (Å²) in [6, 6.07) is 22.9. The van der Waals surface area contributed by atoms with Crippen LogP contribution < -0.4 is 4.74 Å². The molecule has 0 radical (unpaired) electrons. The molecule has 0 N–H and O–H groups in total. The molecule has 0 aliphatic heterocycles. The zero-order valence-electron chi connectivity index (χ0n) is 15.9. The number of para-hydroxylation sites is 2. The van der Waals surface area contributed by atoms with E-state index < -0.39 is 0 Å². The molecular formula is C24H26N2O. The molecule has 138 valence electrons. The highest BCUT2D eigenvalue weighted by atomic mass is 16.5. The fraction of sp³-hybridized carbons (Fsp3) is 0.292. The number of hydrogen-bond donors (Lipinski definition) is 0. The van der Waals surface area contributed by atoms with Crippen molar-refractivity contribution in [1.82, 2.24) is 9.55 Å². The monoisotopic (exact) mass is 358 g/mol. The van der Waals surface area contributed by atoms with E-state index in [0.717, 1.165) is 29.0 Å². The van der Waals surface area contributed by atoms with Crippen LogP contribution in [0.3, 0.4) is 0 Å². The van der Waals surface area contributed by atoms with Gasteiger partial charge in [0.05, 0.1) is 11.0 Å². The number of nitrogens with zero attached hydrogens (tertiary/aromatic N) is 2. The normalized spacial score (nSPS) is 11.3. The number of unbranched alkanes of at least 4 members (excludes halogenated alkanes) is 3. The first-order valence-electron chi connectivity index (χ1n) is 9.91. The minimum absolute atomic E-state index is 0.483. The Balaban J connectivity index is 1.59. The van der Waals surface area contributed by atoms with Gasteiger partial charge in [0.1, 0.15) is 18.2 Å². The minimum atomic E-state index is 0.483. The molecule has 3 aromatic carbocycles. The number of aromatic nitrogens is 2. The fourth-order valence-corrected chi connectivity index (χ4v) is 3.65. The standard InChI is InChI=1S/C24H26N2O/c1-2-3-4-9-17-26-22-15-8-7-14-21(22)25-24(26)18-27-23-16-10-12-19-11-5-6-13-20(19)23/h5-8,10-16H,2-4,9,17-18H2,1H3. The van der Waals surface area contributed by atoms with Crippen molar-refractivity contribution in [2.75, 3.05) is 0 Å². The summed E-state index contributed by atoms with van der Waals surface area (Å²) in [6.45, 7) is 3.72. The van der Waals surface area contributed by atoms with Gasteiger partial charge >= 0.3 is 0 Å². The zero-order valence-corrected chi connectivity index (χ0v) is 15.9. The van der Waals surface area contributed by atoms with E-state index in [-0.39, 0.29) is 0 Å². The van der Waals surface area contributed by atoms with Crippen LogP contribution in [0.15, 0.2) is 66.7 Å². The highest BCUT2D eigenvalue weighted by Gasteiger charge is 2.11. The number of rotatable bonds is 8. The average Bonchev–Trinajstić information content (AvgIpc) is 3.07. The van der Waals surface area contributed by atoms with Crippen molar-refractivity contribution < 1.29 is 4.74 Å². The third kappa shape index (κ3) is 3.82. The van der Waals surface area contributed by atoms with Crippen LogP contribution in [0.25, 0.3) is 21.8 Å². The van der Waals surface area contributed by atoms with Gasteiger partial charge in [0, 0.05) is 11.9 Å². The predicted molar refractivity (Wildman–Crippen MR) is 112 cm³/mol. The molecule has 0 unspecified atom stereocenters. The number of hydrogen-bond acceptors (Lipinski definition) is 2. The molecular weight excluding hydrogens is 332 g/mol. The first-order chi connectivity index (χ1) is 13.4. The van der Waals surface area contributed by atoms with Gasteiger partial charge in [-0.25, -0.2) is 4.98 Å². The number of fused-ring (bicyclic) bond motifs is 2. The summed E-state index contributed by atoms with van der Waals surface area (Å²) in [7, 11) is 0. The molecule has 0 bridgehead atoms. The second kappa shape index (κ2) is 8.26. The summed E-state index contributed by atoms with van der Waals surface area (Å²) in [5.74, 6) is 1.92. The van der Waals surface area contributed by atoms with Gasteiger partial charge in [-0.2, -0.15) is 0 Å². The Morgan fingerprint density at radius 3 is 2.59 bits per heavy atom. The number of ether oxygens (including phenoxy) is 1. The maximum absolute atomic E-state index is 6.22. The highest BCUT2D eigenvalue weighted by Crippen LogP contribution is 2.26. The molecule has 0 fully saturated rings. The largest absolute Gasteiger partial charge is 0.485 e. The molecule has 0 saturated heterocycles. The van der Waals surface area contributed by atoms with Crippen molar-refractivity contribution in [2.24, 2.45) is 0 Å². The topological polar surface area (TPSA) is 27.1 Å². The second-order valence-corrected chi connectivity index (χ2v) is 7.00. The molecule has 4 rings (SSSR count). The van der Waals surface area contributed by atoms with Crippen LogP contribution in [0.2, 0.25) is 0 Å². The Labute approximate surface area is 160 Å². The van der Waals surface area contributed by atoms with Gasteiger partial charge in [-0.1, -0.05) is 74.7 Å². The SMILES string of the molecule is CCCCCCn1c(COc2cccc3ccccc23)nc2ccccc21. The summed E-state index contributed by atoms with van der Waals surface area (Å²) in [4.78, 5) is 4.84. The maximum atomic E-state index is 6.22. The lowest BCUT2D eigenvalue weighted by molar-refractivity contribution is 0.293. The Morgan fingerprint density at radius 2 is 1.67 bits per heavy atom. The van der Waals surface area contributed by atoms with E-state index >= 15 is 0 Å². The van der Waals surface area contributed by atoms with Crippen LogP contribution in [-0.2, 0) is 13.2 Å². The van der Waals surface area contributed by atoms with Gasteiger partial charge in [-0.15, -0.1) is 0 Å². The molecule has 0 atom stereocenters. The lowest BCUT2D eigenvalue weighted by Gasteiger charge is -2.12. The van der Waals surface area contributed by atoms with Crippen molar-refractivity contribution >= 4 is 21.8 Å². The van der Waals surface area contributed by atoms with E-state index in [4.69, 9.17) is 9.72 Å². The highest BCUT2D eigenvalue weighted by molar-refractivity contribution is 5.88. The Morgan fingerprint density at radius 1 is 0.852 bits per heavy atom. The van der Waals surface area contributed by atoms with E-state index in [9.17, 15) is 0 Å². The third-order valence-corrected chi connectivity index (χ3v) is 5.08. The van der Waals surface area contributed by atoms with E-state index in [1.54, 1.807) is 0 Å². The first-order valence-corrected chi connectivity index (χ1v) is 9.91. The number of benzene rings is 3. The maximum Gasteiger partial charge on any atom is 0.147 e. The second-order valence-electron chi connectivity index (χ2n) is 7.00. The van der Waals surface area contributed by atoms with Crippen LogP contribution in [-0.4, -0.2) is 9.55 Å². The molecule has 1 heterocycles. The van der Waals surface area contributed by atoms with Crippen LogP contribution in [0, 0.1) is 0 Å². The van der Waals surface area contributed by atoms with E-state index in [1.807, 2.05) is 18.2 Å². The van der Waals surface area contributed by atoms with Crippen molar-refractivity contribution in [3.63, 3.8) is 0 Å². The molecule has 4 aromatic rings. The van der Waals surface area contributed by atoms with E-state index in [0.29, 0.717) is 6.61 Å². The molecule has 0 amide bonds. The van der Waals surface area contributed by atoms with Gasteiger partial charge in [-0.05, 0) is 30.0 Å². The van der Waals surface area contributed by atoms with Crippen molar-refractivity contribution in [3.05, 3.63) is 72.6 Å². The number of imidazole rings is 1. The average molecular weight is 358 g/mol. The summed E-state index contributed by atoms with van der Waals surface area (Å²) in [5, 5.41) is 2.34. The Kier molecular flexibility index (Phi) is 5.38. The van der Waals surface area contributed by atoms with Gasteiger partial charge in [-0.3, -0.25) is 0 Å². The molecule has 0 aliphatic rings. The lowest BCUT2D eigenvalue weighted by Crippen LogP contribution is -2.08. The van der Waals surface area contributed by atoms with Gasteiger partial charge in [0.15, 0.2) is 0 Å². The molecule has 3 nitrogen and oxygen atoms in total. The molecule has 3 heteroatoms. The molecule has 27 heavy (non-hydrogen) atoms. The molecule has 0 saturated carbocycles. The molecule has 1 aromatic heterocycles. The quantitative estimate of drug-likeness (QED) is 0.343. The van der Waals surface area contributed by atoms with Crippen LogP contribution in [0.4, 0.5) is 0 Å². The molecule has 0 aliphatic carbocycles. The zero-order chi connectivity index (χ0) is 18.5. The van der Waals surface area contributed by atoms with Gasteiger partial charge in [0.25, 0.3) is 0 Å². The Bertz CT molecular complexity index is 1030. The van der Waals surface area contributed by atoms with Gasteiger partial charge in [0.2, 0.25) is 0 Å². The number of aryl methyl sites for hydroxylation is 1. The molecule has 0 spiro atoms. The summed E-state index contributed by atoms with van der Waals surface area (Å²) in [6.07, 6.45) is 4.97. The van der Waals surface area contributed by atoms with Gasteiger partial charge < -0.3 is 9.30 Å². The van der Waals surface area contributed by atoms with E-state index in [2.05, 4.69) is 60.0 Å². The van der Waals surface area contributed by atoms with E-state index in [1.165, 1.54) is 36.6 Å². The Hall–Kier alpha value is -2.81. The predicted octanol–water partition coefficient (Wildman–Crippen LogP) is 6.35.